The molecule has 6 nitrogen and oxygen atoms in total. The molecular weight excluding hydrogens is 328 g/mol. The Morgan fingerprint density at radius 1 is 1.04 bits per heavy atom. The third-order valence-electron chi connectivity index (χ3n) is 5.84. The molecule has 3 saturated heterocycles. The average molecular weight is 354 g/mol. The number of fused-ring (bicyclic) bond motifs is 3. The largest absolute Gasteiger partial charge is 0.497 e. The van der Waals surface area contributed by atoms with Gasteiger partial charge in [0.2, 0.25) is 0 Å². The second-order valence-corrected chi connectivity index (χ2v) is 7.15. The fourth-order valence-electron chi connectivity index (χ4n) is 4.28. The molecule has 3 aliphatic rings. The first-order chi connectivity index (χ1) is 12.7. The summed E-state index contributed by atoms with van der Waals surface area (Å²) in [5, 5.41) is 12.5. The maximum absolute atomic E-state index is 5.45. The molecular formula is C20H26N4O2. The van der Waals surface area contributed by atoms with Crippen LogP contribution in [-0.2, 0) is 0 Å². The zero-order valence-corrected chi connectivity index (χ0v) is 15.6. The highest BCUT2D eigenvalue weighted by molar-refractivity contribution is 5.69. The lowest BCUT2D eigenvalue weighted by Gasteiger charge is -2.50. The summed E-state index contributed by atoms with van der Waals surface area (Å²) < 4.78 is 10.8. The maximum Gasteiger partial charge on any atom is 0.148 e. The number of nitrogens with zero attached hydrogens (tertiary/aromatic N) is 3. The second-order valence-electron chi connectivity index (χ2n) is 7.15. The Balaban J connectivity index is 1.54. The van der Waals surface area contributed by atoms with Crippen molar-refractivity contribution >= 4 is 5.82 Å². The molecule has 0 radical (unpaired) electrons. The van der Waals surface area contributed by atoms with Gasteiger partial charge < -0.3 is 14.8 Å². The normalized spacial score (nSPS) is 27.2. The molecule has 6 heteroatoms. The Bertz CT molecular complexity index is 755. The van der Waals surface area contributed by atoms with E-state index >= 15 is 0 Å². The van der Waals surface area contributed by atoms with Gasteiger partial charge in [-0.25, -0.2) is 0 Å². The van der Waals surface area contributed by atoms with Crippen molar-refractivity contribution in [3.63, 3.8) is 0 Å². The van der Waals surface area contributed by atoms with Gasteiger partial charge in [0.25, 0.3) is 0 Å². The molecule has 2 aromatic rings. The van der Waals surface area contributed by atoms with Gasteiger partial charge in [-0.2, -0.15) is 0 Å². The van der Waals surface area contributed by atoms with Gasteiger partial charge in [0, 0.05) is 17.6 Å². The Labute approximate surface area is 154 Å². The van der Waals surface area contributed by atoms with Gasteiger partial charge >= 0.3 is 0 Å². The van der Waals surface area contributed by atoms with Crippen LogP contribution in [0.25, 0.3) is 11.3 Å². The van der Waals surface area contributed by atoms with E-state index in [1.54, 1.807) is 14.2 Å². The summed E-state index contributed by atoms with van der Waals surface area (Å²) in [5.41, 5.74) is 1.65. The van der Waals surface area contributed by atoms with Crippen LogP contribution in [-0.4, -0.2) is 54.5 Å². The first kappa shape index (κ1) is 17.1. The van der Waals surface area contributed by atoms with Gasteiger partial charge in [-0.3, -0.25) is 4.90 Å². The van der Waals surface area contributed by atoms with Gasteiger partial charge in [-0.05, 0) is 69.1 Å². The van der Waals surface area contributed by atoms with E-state index in [-0.39, 0.29) is 0 Å². The summed E-state index contributed by atoms with van der Waals surface area (Å²) in [7, 11) is 3.31. The SMILES string of the molecule is COc1ccc(OC)c(-c2ccc(N[C@H]3C4CCN(CC4)[C@@H]3C)nn2)c1. The van der Waals surface area contributed by atoms with Crippen molar-refractivity contribution < 1.29 is 9.47 Å². The van der Waals surface area contributed by atoms with Crippen molar-refractivity contribution in [3.8, 4) is 22.8 Å². The van der Waals surface area contributed by atoms with E-state index in [0.717, 1.165) is 34.5 Å². The molecule has 2 atom stereocenters. The monoisotopic (exact) mass is 354 g/mol. The molecule has 0 unspecified atom stereocenters. The van der Waals surface area contributed by atoms with Crippen molar-refractivity contribution in [1.82, 2.24) is 15.1 Å². The quantitative estimate of drug-likeness (QED) is 0.891. The Morgan fingerprint density at radius 2 is 1.85 bits per heavy atom. The van der Waals surface area contributed by atoms with Gasteiger partial charge in [0.1, 0.15) is 17.3 Å². The Kier molecular flexibility index (Phi) is 4.68. The molecule has 1 aromatic heterocycles. The number of nitrogens with one attached hydrogen (secondary N) is 1. The third kappa shape index (κ3) is 3.09. The van der Waals surface area contributed by atoms with E-state index in [2.05, 4.69) is 27.3 Å². The highest BCUT2D eigenvalue weighted by Crippen LogP contribution is 2.35. The number of methoxy groups -OCH3 is 2. The van der Waals surface area contributed by atoms with Gasteiger partial charge in [-0.15, -0.1) is 10.2 Å². The van der Waals surface area contributed by atoms with Crippen molar-refractivity contribution in [3.05, 3.63) is 30.3 Å². The molecule has 0 amide bonds. The smallest absolute Gasteiger partial charge is 0.148 e. The number of benzene rings is 1. The molecule has 3 aliphatic heterocycles. The van der Waals surface area contributed by atoms with E-state index in [9.17, 15) is 0 Å². The first-order valence-corrected chi connectivity index (χ1v) is 9.26. The number of rotatable bonds is 5. The van der Waals surface area contributed by atoms with E-state index in [4.69, 9.17) is 9.47 Å². The van der Waals surface area contributed by atoms with E-state index in [0.29, 0.717) is 12.1 Å². The molecule has 0 aliphatic carbocycles. The van der Waals surface area contributed by atoms with Gasteiger partial charge in [0.15, 0.2) is 0 Å². The number of ether oxygens (including phenoxy) is 2. The number of aromatic nitrogens is 2. The molecule has 4 heterocycles. The van der Waals surface area contributed by atoms with Crippen LogP contribution < -0.4 is 14.8 Å². The molecule has 1 N–H and O–H groups in total. The molecule has 138 valence electrons. The molecule has 0 spiro atoms. The minimum absolute atomic E-state index is 0.448. The van der Waals surface area contributed by atoms with Crippen molar-refractivity contribution in [2.75, 3.05) is 32.6 Å². The standard InChI is InChI=1S/C20H26N4O2/c1-13-20(14-8-10-24(13)11-9-14)21-19-7-5-17(22-23-19)16-12-15(25-2)4-6-18(16)26-3/h4-7,12-14,20H,8-11H2,1-3H3,(H,21,23)/t13-,20-/m1/s1. The van der Waals surface area contributed by atoms with Crippen LogP contribution in [0.4, 0.5) is 5.82 Å². The Hall–Kier alpha value is -2.34. The number of anilines is 1. The average Bonchev–Trinajstić information content (AvgIpc) is 2.71. The van der Waals surface area contributed by atoms with Crippen LogP contribution in [0.3, 0.4) is 0 Å². The minimum Gasteiger partial charge on any atom is -0.497 e. The number of piperidine rings is 3. The molecule has 2 bridgehead atoms. The summed E-state index contributed by atoms with van der Waals surface area (Å²) >= 11 is 0. The number of hydrogen-bond donors (Lipinski definition) is 1. The van der Waals surface area contributed by atoms with Crippen molar-refractivity contribution in [2.24, 2.45) is 5.92 Å². The van der Waals surface area contributed by atoms with Crippen LogP contribution in [0.2, 0.25) is 0 Å². The topological polar surface area (TPSA) is 59.5 Å². The third-order valence-corrected chi connectivity index (χ3v) is 5.84. The van der Waals surface area contributed by atoms with E-state index < -0.39 is 0 Å². The van der Waals surface area contributed by atoms with Gasteiger partial charge in [0.05, 0.1) is 19.9 Å². The summed E-state index contributed by atoms with van der Waals surface area (Å²) in [4.78, 5) is 2.57. The lowest BCUT2D eigenvalue weighted by atomic mass is 9.79. The zero-order valence-electron chi connectivity index (χ0n) is 15.6. The van der Waals surface area contributed by atoms with Crippen LogP contribution in [0, 0.1) is 5.92 Å². The van der Waals surface area contributed by atoms with E-state index in [1.165, 1.54) is 25.9 Å². The predicted octanol–water partition coefficient (Wildman–Crippen LogP) is 3.06. The lowest BCUT2D eigenvalue weighted by Crippen LogP contribution is -2.59. The highest BCUT2D eigenvalue weighted by Gasteiger charge is 2.39. The fraction of sp³-hybridized carbons (Fsp3) is 0.500. The van der Waals surface area contributed by atoms with Crippen LogP contribution in [0.15, 0.2) is 30.3 Å². The summed E-state index contributed by atoms with van der Waals surface area (Å²) in [6.45, 7) is 4.76. The van der Waals surface area contributed by atoms with Gasteiger partial charge in [-0.1, -0.05) is 0 Å². The molecule has 3 fully saturated rings. The zero-order chi connectivity index (χ0) is 18.1. The predicted molar refractivity (Wildman–Crippen MR) is 102 cm³/mol. The lowest BCUT2D eigenvalue weighted by molar-refractivity contribution is 0.0457. The number of hydrogen-bond acceptors (Lipinski definition) is 6. The summed E-state index contributed by atoms with van der Waals surface area (Å²) in [6, 6.07) is 10.7. The minimum atomic E-state index is 0.448. The van der Waals surface area contributed by atoms with Crippen molar-refractivity contribution in [2.45, 2.75) is 31.8 Å². The van der Waals surface area contributed by atoms with Crippen LogP contribution >= 0.6 is 0 Å². The van der Waals surface area contributed by atoms with Crippen LogP contribution in [0.5, 0.6) is 11.5 Å². The second kappa shape index (κ2) is 7.11. The molecule has 0 saturated carbocycles. The fourth-order valence-corrected chi connectivity index (χ4v) is 4.28. The van der Waals surface area contributed by atoms with E-state index in [1.807, 2.05) is 30.3 Å². The molecule has 1 aromatic carbocycles. The summed E-state index contributed by atoms with van der Waals surface area (Å²) in [6.07, 6.45) is 2.54. The molecule has 26 heavy (non-hydrogen) atoms. The van der Waals surface area contributed by atoms with Crippen LogP contribution in [0.1, 0.15) is 19.8 Å². The maximum atomic E-state index is 5.45. The highest BCUT2D eigenvalue weighted by atomic mass is 16.5. The summed E-state index contributed by atoms with van der Waals surface area (Å²) in [5.74, 6) is 3.09. The first-order valence-electron chi connectivity index (χ1n) is 9.26. The van der Waals surface area contributed by atoms with Crippen molar-refractivity contribution in [1.29, 1.82) is 0 Å². The molecule has 5 rings (SSSR count). The Morgan fingerprint density at radius 3 is 2.46 bits per heavy atom.